The monoisotopic (exact) mass is 145 g/mol. The summed E-state index contributed by atoms with van der Waals surface area (Å²) in [6.45, 7) is 1.24. The standard InChI is InChI=1S/C4H7N3O3/c1-2(8)3(4(9)10)6-7-5/h2-3,8H,1H3,(H,9,10)/t2-,3-/m0/s1. The van der Waals surface area contributed by atoms with Gasteiger partial charge < -0.3 is 10.2 Å². The van der Waals surface area contributed by atoms with Gasteiger partial charge in [-0.1, -0.05) is 5.11 Å². The largest absolute Gasteiger partial charge is 0.481 e. The number of hydrogen-bond donors (Lipinski definition) is 2. The number of aliphatic hydroxyl groups excluding tert-OH is 1. The minimum atomic E-state index is -1.38. The van der Waals surface area contributed by atoms with Crippen molar-refractivity contribution in [2.45, 2.75) is 19.1 Å². The third-order valence-electron chi connectivity index (χ3n) is 0.886. The van der Waals surface area contributed by atoms with Crippen LogP contribution in [0.2, 0.25) is 0 Å². The van der Waals surface area contributed by atoms with E-state index in [1.165, 1.54) is 6.92 Å². The molecule has 6 nitrogen and oxygen atoms in total. The van der Waals surface area contributed by atoms with Crippen LogP contribution < -0.4 is 0 Å². The average Bonchev–Trinajstić information content (AvgIpc) is 1.81. The normalized spacial score (nSPS) is 15.0. The number of rotatable bonds is 3. The van der Waals surface area contributed by atoms with Crippen LogP contribution in [0, 0.1) is 0 Å². The number of nitrogens with zero attached hydrogens (tertiary/aromatic N) is 3. The molecule has 0 saturated carbocycles. The summed E-state index contributed by atoms with van der Waals surface area (Å²) in [5.41, 5.74) is 7.82. The molecule has 0 spiro atoms. The number of aliphatic carboxylic acids is 1. The summed E-state index contributed by atoms with van der Waals surface area (Å²) in [5.74, 6) is -1.33. The molecule has 2 N–H and O–H groups in total. The van der Waals surface area contributed by atoms with E-state index in [1.54, 1.807) is 0 Å². The van der Waals surface area contributed by atoms with Gasteiger partial charge in [-0.2, -0.15) is 0 Å². The highest BCUT2D eigenvalue weighted by molar-refractivity contribution is 5.74. The summed E-state index contributed by atoms with van der Waals surface area (Å²) < 4.78 is 0. The highest BCUT2D eigenvalue weighted by atomic mass is 16.4. The molecular formula is C4H7N3O3. The van der Waals surface area contributed by atoms with Crippen molar-refractivity contribution in [2.75, 3.05) is 0 Å². The molecule has 0 fully saturated rings. The van der Waals surface area contributed by atoms with Crippen molar-refractivity contribution in [3.63, 3.8) is 0 Å². The summed E-state index contributed by atoms with van der Waals surface area (Å²) in [6, 6.07) is -1.38. The first-order valence-electron chi connectivity index (χ1n) is 2.54. The third-order valence-corrected chi connectivity index (χ3v) is 0.886. The number of hydrogen-bond acceptors (Lipinski definition) is 3. The SMILES string of the molecule is C[C@H](O)[C@H](N=[N+]=[N-])C(=O)O. The van der Waals surface area contributed by atoms with Gasteiger partial charge in [0, 0.05) is 4.91 Å². The zero-order chi connectivity index (χ0) is 8.15. The van der Waals surface area contributed by atoms with E-state index >= 15 is 0 Å². The molecule has 0 aliphatic rings. The summed E-state index contributed by atoms with van der Waals surface area (Å²) >= 11 is 0. The van der Waals surface area contributed by atoms with Gasteiger partial charge in [-0.15, -0.1) is 0 Å². The van der Waals surface area contributed by atoms with Crippen LogP contribution in [0.3, 0.4) is 0 Å². The molecular weight excluding hydrogens is 138 g/mol. The van der Waals surface area contributed by atoms with E-state index < -0.39 is 18.1 Å². The molecule has 0 heterocycles. The van der Waals surface area contributed by atoms with E-state index in [0.29, 0.717) is 0 Å². The smallest absolute Gasteiger partial charge is 0.315 e. The van der Waals surface area contributed by atoms with Gasteiger partial charge in [0.25, 0.3) is 0 Å². The average molecular weight is 145 g/mol. The first kappa shape index (κ1) is 8.74. The fraction of sp³-hybridized carbons (Fsp3) is 0.750. The van der Waals surface area contributed by atoms with Crippen LogP contribution in [0.1, 0.15) is 6.92 Å². The van der Waals surface area contributed by atoms with Gasteiger partial charge in [0.2, 0.25) is 0 Å². The summed E-state index contributed by atoms with van der Waals surface area (Å²) in [4.78, 5) is 12.4. The van der Waals surface area contributed by atoms with Gasteiger partial charge in [-0.25, -0.2) is 0 Å². The summed E-state index contributed by atoms with van der Waals surface area (Å²) in [6.07, 6.45) is -1.16. The quantitative estimate of drug-likeness (QED) is 0.334. The van der Waals surface area contributed by atoms with Gasteiger partial charge in [-0.05, 0) is 12.5 Å². The Balaban J connectivity index is 4.26. The van der Waals surface area contributed by atoms with Gasteiger partial charge in [-0.3, -0.25) is 4.79 Å². The highest BCUT2D eigenvalue weighted by Crippen LogP contribution is 1.98. The van der Waals surface area contributed by atoms with E-state index in [9.17, 15) is 4.79 Å². The van der Waals surface area contributed by atoms with Crippen LogP contribution in [0.5, 0.6) is 0 Å². The Morgan fingerprint density at radius 3 is 2.40 bits per heavy atom. The van der Waals surface area contributed by atoms with E-state index in [0.717, 1.165) is 0 Å². The lowest BCUT2D eigenvalue weighted by molar-refractivity contribution is -0.140. The number of azide groups is 1. The molecule has 0 aromatic carbocycles. The number of aliphatic hydroxyl groups is 1. The summed E-state index contributed by atoms with van der Waals surface area (Å²) in [7, 11) is 0. The number of carbonyl (C=O) groups is 1. The van der Waals surface area contributed by atoms with Crippen LogP contribution >= 0.6 is 0 Å². The predicted octanol–water partition coefficient (Wildman–Crippen LogP) is 0.131. The maximum atomic E-state index is 10.1. The molecule has 56 valence electrons. The Labute approximate surface area is 56.7 Å². The molecule has 0 aliphatic carbocycles. The van der Waals surface area contributed by atoms with Crippen LogP contribution in [0.25, 0.3) is 10.4 Å². The maximum absolute atomic E-state index is 10.1. The Hall–Kier alpha value is -1.26. The van der Waals surface area contributed by atoms with Crippen molar-refractivity contribution in [1.29, 1.82) is 0 Å². The zero-order valence-corrected chi connectivity index (χ0v) is 5.30. The lowest BCUT2D eigenvalue weighted by Gasteiger charge is -2.06. The first-order chi connectivity index (χ1) is 4.59. The van der Waals surface area contributed by atoms with Gasteiger partial charge >= 0.3 is 5.97 Å². The number of carboxylic acids is 1. The van der Waals surface area contributed by atoms with Gasteiger partial charge in [0.05, 0.1) is 6.10 Å². The van der Waals surface area contributed by atoms with E-state index in [2.05, 4.69) is 10.0 Å². The lowest BCUT2D eigenvalue weighted by atomic mass is 10.2. The Bertz CT molecular complexity index is 171. The van der Waals surface area contributed by atoms with Crippen molar-refractivity contribution in [3.05, 3.63) is 10.4 Å². The van der Waals surface area contributed by atoms with Gasteiger partial charge in [0.1, 0.15) is 0 Å². The first-order valence-corrected chi connectivity index (χ1v) is 2.54. The fourth-order valence-corrected chi connectivity index (χ4v) is 0.408. The molecule has 6 heteroatoms. The van der Waals surface area contributed by atoms with E-state index in [4.69, 9.17) is 15.7 Å². The predicted molar refractivity (Wildman–Crippen MR) is 32.3 cm³/mol. The molecule has 0 unspecified atom stereocenters. The topological polar surface area (TPSA) is 106 Å². The molecule has 0 rings (SSSR count). The molecule has 0 saturated heterocycles. The third kappa shape index (κ3) is 2.34. The van der Waals surface area contributed by atoms with Crippen molar-refractivity contribution >= 4 is 5.97 Å². The Morgan fingerprint density at radius 1 is 1.80 bits per heavy atom. The molecule has 2 atom stereocenters. The van der Waals surface area contributed by atoms with Gasteiger partial charge in [0.15, 0.2) is 6.04 Å². The molecule has 0 amide bonds. The van der Waals surface area contributed by atoms with Crippen molar-refractivity contribution in [2.24, 2.45) is 5.11 Å². The Kier molecular flexibility index (Phi) is 3.24. The molecule has 0 bridgehead atoms. The van der Waals surface area contributed by atoms with Crippen molar-refractivity contribution in [3.8, 4) is 0 Å². The summed E-state index contributed by atoms with van der Waals surface area (Å²) in [5, 5.41) is 19.8. The highest BCUT2D eigenvalue weighted by Gasteiger charge is 2.20. The fourth-order valence-electron chi connectivity index (χ4n) is 0.408. The van der Waals surface area contributed by atoms with Crippen LogP contribution in [-0.2, 0) is 4.79 Å². The Morgan fingerprint density at radius 2 is 2.30 bits per heavy atom. The molecule has 10 heavy (non-hydrogen) atoms. The molecule has 0 aromatic heterocycles. The number of carboxylic acid groups (broad SMARTS) is 1. The van der Waals surface area contributed by atoms with Crippen LogP contribution in [-0.4, -0.2) is 28.3 Å². The lowest BCUT2D eigenvalue weighted by Crippen LogP contribution is -2.29. The molecule has 0 aliphatic heterocycles. The second-order valence-electron chi connectivity index (χ2n) is 1.73. The molecule has 0 radical (unpaired) electrons. The minimum Gasteiger partial charge on any atom is -0.481 e. The van der Waals surface area contributed by atoms with Crippen LogP contribution in [0.4, 0.5) is 0 Å². The second-order valence-corrected chi connectivity index (χ2v) is 1.73. The second kappa shape index (κ2) is 3.71. The molecule has 0 aromatic rings. The van der Waals surface area contributed by atoms with Crippen LogP contribution in [0.15, 0.2) is 5.11 Å². The van der Waals surface area contributed by atoms with E-state index in [1.807, 2.05) is 0 Å². The minimum absolute atomic E-state index is 1.16. The maximum Gasteiger partial charge on any atom is 0.315 e. The zero-order valence-electron chi connectivity index (χ0n) is 5.30. The van der Waals surface area contributed by atoms with Crippen molar-refractivity contribution in [1.82, 2.24) is 0 Å². The van der Waals surface area contributed by atoms with E-state index in [-0.39, 0.29) is 0 Å². The van der Waals surface area contributed by atoms with Crippen molar-refractivity contribution < 1.29 is 15.0 Å².